The number of nitrogens with two attached hydrogens (primary N) is 1. The number of nitriles is 1. The number of aromatic nitrogens is 3. The number of ether oxygens (including phenoxy) is 3. The summed E-state index contributed by atoms with van der Waals surface area (Å²) in [5, 5.41) is 15.4. The lowest BCUT2D eigenvalue weighted by atomic mass is 9.95. The average molecular weight is 429 g/mol. The second kappa shape index (κ2) is 8.12. The molecule has 2 aromatic heterocycles. The molecule has 0 spiro atoms. The van der Waals surface area contributed by atoms with Crippen molar-refractivity contribution in [1.82, 2.24) is 14.8 Å². The predicted octanol–water partition coefficient (Wildman–Crippen LogP) is 4.18. The van der Waals surface area contributed by atoms with Crippen LogP contribution in [0.1, 0.15) is 16.8 Å². The SMILES string of the molecule is COc1ccc(-c2c(C#N)c(N)nc3c2c(C)nn3-c2ccc(C)cc2)c(OC)c1OC. The van der Waals surface area contributed by atoms with Crippen LogP contribution in [0.15, 0.2) is 36.4 Å². The standard InChI is InChI=1S/C24H23N5O3/c1-13-6-8-15(9-7-13)29-24-19(14(2)28-29)20(17(12-25)23(26)27-24)16-10-11-18(30-3)22(32-5)21(16)31-4/h6-11H,1-5H3,(H2,26,27). The number of anilines is 1. The van der Waals surface area contributed by atoms with E-state index in [2.05, 4.69) is 11.1 Å². The fraction of sp³-hybridized carbons (Fsp3) is 0.208. The monoisotopic (exact) mass is 429 g/mol. The highest BCUT2D eigenvalue weighted by Crippen LogP contribution is 2.47. The first-order valence-corrected chi connectivity index (χ1v) is 9.90. The highest BCUT2D eigenvalue weighted by Gasteiger charge is 2.26. The number of nitrogen functional groups attached to an aromatic ring is 1. The molecule has 0 fully saturated rings. The van der Waals surface area contributed by atoms with Crippen LogP contribution >= 0.6 is 0 Å². The van der Waals surface area contributed by atoms with Crippen molar-refractivity contribution in [1.29, 1.82) is 5.26 Å². The lowest BCUT2D eigenvalue weighted by Crippen LogP contribution is -2.04. The fourth-order valence-electron chi connectivity index (χ4n) is 3.88. The molecule has 4 aromatic rings. The van der Waals surface area contributed by atoms with Crippen molar-refractivity contribution in [2.75, 3.05) is 27.1 Å². The number of aryl methyl sites for hydroxylation is 2. The Hall–Kier alpha value is -4.25. The molecule has 0 saturated heterocycles. The van der Waals surface area contributed by atoms with Crippen LogP contribution in [-0.4, -0.2) is 36.1 Å². The van der Waals surface area contributed by atoms with E-state index in [9.17, 15) is 5.26 Å². The number of hydrogen-bond acceptors (Lipinski definition) is 7. The predicted molar refractivity (Wildman–Crippen MR) is 123 cm³/mol. The molecule has 4 rings (SSSR count). The van der Waals surface area contributed by atoms with Crippen molar-refractivity contribution < 1.29 is 14.2 Å². The molecule has 0 atom stereocenters. The van der Waals surface area contributed by atoms with E-state index >= 15 is 0 Å². The molecular weight excluding hydrogens is 406 g/mol. The Bertz CT molecular complexity index is 1370. The van der Waals surface area contributed by atoms with Gasteiger partial charge >= 0.3 is 0 Å². The van der Waals surface area contributed by atoms with Crippen LogP contribution in [0.4, 0.5) is 5.82 Å². The summed E-state index contributed by atoms with van der Waals surface area (Å²) in [5.74, 6) is 1.47. The lowest BCUT2D eigenvalue weighted by molar-refractivity contribution is 0.325. The molecule has 32 heavy (non-hydrogen) atoms. The Labute approximate surface area is 185 Å². The summed E-state index contributed by atoms with van der Waals surface area (Å²) in [4.78, 5) is 4.54. The van der Waals surface area contributed by atoms with Gasteiger partial charge in [0.25, 0.3) is 0 Å². The second-order valence-electron chi connectivity index (χ2n) is 7.27. The van der Waals surface area contributed by atoms with E-state index in [0.717, 1.165) is 11.3 Å². The van der Waals surface area contributed by atoms with Crippen LogP contribution in [0.3, 0.4) is 0 Å². The minimum atomic E-state index is 0.111. The number of hydrogen-bond donors (Lipinski definition) is 1. The van der Waals surface area contributed by atoms with E-state index in [1.807, 2.05) is 44.2 Å². The Morgan fingerprint density at radius 2 is 1.62 bits per heavy atom. The summed E-state index contributed by atoms with van der Waals surface area (Å²) in [5.41, 5.74) is 11.0. The van der Waals surface area contributed by atoms with Gasteiger partial charge in [-0.05, 0) is 38.1 Å². The van der Waals surface area contributed by atoms with E-state index in [1.54, 1.807) is 17.9 Å². The van der Waals surface area contributed by atoms with Gasteiger partial charge in [-0.25, -0.2) is 9.67 Å². The van der Waals surface area contributed by atoms with Crippen LogP contribution in [0.5, 0.6) is 17.2 Å². The zero-order valence-corrected chi connectivity index (χ0v) is 18.6. The number of methoxy groups -OCH3 is 3. The molecule has 2 aromatic carbocycles. The Morgan fingerprint density at radius 3 is 2.22 bits per heavy atom. The van der Waals surface area contributed by atoms with E-state index in [-0.39, 0.29) is 11.4 Å². The zero-order valence-electron chi connectivity index (χ0n) is 18.6. The summed E-state index contributed by atoms with van der Waals surface area (Å²) in [6.45, 7) is 3.90. The number of benzene rings is 2. The van der Waals surface area contributed by atoms with Gasteiger partial charge in [0.1, 0.15) is 17.5 Å². The summed E-state index contributed by atoms with van der Waals surface area (Å²) in [6, 6.07) is 13.7. The van der Waals surface area contributed by atoms with E-state index in [4.69, 9.17) is 25.0 Å². The molecule has 2 heterocycles. The maximum absolute atomic E-state index is 9.96. The maximum atomic E-state index is 9.96. The summed E-state index contributed by atoms with van der Waals surface area (Å²) >= 11 is 0. The van der Waals surface area contributed by atoms with Crippen LogP contribution in [0.2, 0.25) is 0 Å². The third-order valence-corrected chi connectivity index (χ3v) is 5.38. The maximum Gasteiger partial charge on any atom is 0.203 e. The van der Waals surface area contributed by atoms with Gasteiger partial charge in [0.2, 0.25) is 5.75 Å². The van der Waals surface area contributed by atoms with Crippen molar-refractivity contribution >= 4 is 16.9 Å². The van der Waals surface area contributed by atoms with Crippen molar-refractivity contribution in [3.8, 4) is 40.1 Å². The molecule has 0 aliphatic carbocycles. The molecular formula is C24H23N5O3. The van der Waals surface area contributed by atoms with Gasteiger partial charge in [0, 0.05) is 11.1 Å². The third-order valence-electron chi connectivity index (χ3n) is 5.38. The minimum Gasteiger partial charge on any atom is -0.493 e. The average Bonchev–Trinajstić information content (AvgIpc) is 3.13. The molecule has 0 bridgehead atoms. The molecule has 8 heteroatoms. The Morgan fingerprint density at radius 1 is 0.938 bits per heavy atom. The molecule has 0 saturated carbocycles. The van der Waals surface area contributed by atoms with Gasteiger partial charge < -0.3 is 19.9 Å². The van der Waals surface area contributed by atoms with Crippen molar-refractivity contribution in [3.63, 3.8) is 0 Å². The first-order chi connectivity index (χ1) is 15.4. The fourth-order valence-corrected chi connectivity index (χ4v) is 3.88. The van der Waals surface area contributed by atoms with Crippen molar-refractivity contribution in [3.05, 3.63) is 53.2 Å². The number of pyridine rings is 1. The van der Waals surface area contributed by atoms with Gasteiger partial charge in [0.15, 0.2) is 17.1 Å². The number of fused-ring (bicyclic) bond motifs is 1. The van der Waals surface area contributed by atoms with Gasteiger partial charge in [-0.1, -0.05) is 17.7 Å². The largest absolute Gasteiger partial charge is 0.493 e. The van der Waals surface area contributed by atoms with Gasteiger partial charge in [-0.15, -0.1) is 0 Å². The number of rotatable bonds is 5. The molecule has 0 radical (unpaired) electrons. The molecule has 8 nitrogen and oxygen atoms in total. The van der Waals surface area contributed by atoms with E-state index in [0.29, 0.717) is 45.1 Å². The molecule has 2 N–H and O–H groups in total. The Balaban J connectivity index is 2.13. The lowest BCUT2D eigenvalue weighted by Gasteiger charge is -2.17. The Kier molecular flexibility index (Phi) is 5.33. The molecule has 0 amide bonds. The highest BCUT2D eigenvalue weighted by molar-refractivity contribution is 6.02. The van der Waals surface area contributed by atoms with Crippen LogP contribution < -0.4 is 19.9 Å². The van der Waals surface area contributed by atoms with Crippen LogP contribution in [0, 0.1) is 25.2 Å². The zero-order chi connectivity index (χ0) is 23.0. The van der Waals surface area contributed by atoms with E-state index in [1.165, 1.54) is 14.2 Å². The van der Waals surface area contributed by atoms with Crippen LogP contribution in [-0.2, 0) is 0 Å². The first kappa shape index (κ1) is 21.0. The molecule has 162 valence electrons. The van der Waals surface area contributed by atoms with Gasteiger partial charge in [-0.3, -0.25) is 0 Å². The highest BCUT2D eigenvalue weighted by atomic mass is 16.5. The summed E-state index contributed by atoms with van der Waals surface area (Å²) < 4.78 is 18.4. The quantitative estimate of drug-likeness (QED) is 0.507. The molecule has 0 aliphatic heterocycles. The normalized spacial score (nSPS) is 10.8. The minimum absolute atomic E-state index is 0.111. The van der Waals surface area contributed by atoms with Gasteiger partial charge in [0.05, 0.1) is 38.1 Å². The van der Waals surface area contributed by atoms with Gasteiger partial charge in [-0.2, -0.15) is 10.4 Å². The van der Waals surface area contributed by atoms with Crippen LogP contribution in [0.25, 0.3) is 27.8 Å². The van der Waals surface area contributed by atoms with Crippen molar-refractivity contribution in [2.24, 2.45) is 0 Å². The molecule has 0 aliphatic rings. The third kappa shape index (κ3) is 3.15. The smallest absolute Gasteiger partial charge is 0.203 e. The van der Waals surface area contributed by atoms with Crippen molar-refractivity contribution in [2.45, 2.75) is 13.8 Å². The molecule has 0 unspecified atom stereocenters. The summed E-state index contributed by atoms with van der Waals surface area (Å²) in [6.07, 6.45) is 0. The topological polar surface area (TPSA) is 108 Å². The number of nitrogens with zero attached hydrogens (tertiary/aromatic N) is 4. The first-order valence-electron chi connectivity index (χ1n) is 9.90. The second-order valence-corrected chi connectivity index (χ2v) is 7.27. The van der Waals surface area contributed by atoms with E-state index < -0.39 is 0 Å². The summed E-state index contributed by atoms with van der Waals surface area (Å²) in [7, 11) is 4.62.